The van der Waals surface area contributed by atoms with Gasteiger partial charge in [-0.3, -0.25) is 0 Å². The first kappa shape index (κ1) is 9.80. The van der Waals surface area contributed by atoms with Crippen LogP contribution in [0.4, 0.5) is 0 Å². The molecule has 1 rings (SSSR count). The lowest BCUT2D eigenvalue weighted by Gasteiger charge is -1.99. The van der Waals surface area contributed by atoms with Gasteiger partial charge in [-0.15, -0.1) is 0 Å². The van der Waals surface area contributed by atoms with Crippen molar-refractivity contribution in [1.29, 1.82) is 0 Å². The van der Waals surface area contributed by atoms with Crippen LogP contribution in [0.2, 0.25) is 0 Å². The fourth-order valence-corrected chi connectivity index (χ4v) is 1.17. The molecule has 0 atom stereocenters. The van der Waals surface area contributed by atoms with Gasteiger partial charge in [0.05, 0.1) is 5.56 Å². The molecule has 0 spiro atoms. The number of aromatic carboxylic acids is 1. The molecule has 0 saturated carbocycles. The third-order valence-electron chi connectivity index (χ3n) is 1.52. The number of rotatable bonds is 2. The van der Waals surface area contributed by atoms with E-state index in [-0.39, 0.29) is 11.3 Å². The SMILES string of the molecule is O=C(O)c1ccc(O)c(/C=C/Br)c1. The molecule has 0 saturated heterocycles. The Morgan fingerprint density at radius 3 is 2.69 bits per heavy atom. The lowest BCUT2D eigenvalue weighted by molar-refractivity contribution is 0.0697. The summed E-state index contributed by atoms with van der Waals surface area (Å²) in [4.78, 5) is 12.1. The Balaban J connectivity index is 3.18. The second kappa shape index (κ2) is 4.09. The van der Waals surface area contributed by atoms with Crippen molar-refractivity contribution in [3.63, 3.8) is 0 Å². The fraction of sp³-hybridized carbons (Fsp3) is 0. The van der Waals surface area contributed by atoms with Crippen LogP contribution in [-0.4, -0.2) is 16.2 Å². The number of carboxylic acids is 1. The van der Waals surface area contributed by atoms with Gasteiger partial charge in [-0.05, 0) is 29.3 Å². The third-order valence-corrected chi connectivity index (χ3v) is 1.78. The minimum atomic E-state index is -1.01. The summed E-state index contributed by atoms with van der Waals surface area (Å²) in [6.45, 7) is 0. The molecule has 0 amide bonds. The van der Waals surface area contributed by atoms with Crippen molar-refractivity contribution in [1.82, 2.24) is 0 Å². The largest absolute Gasteiger partial charge is 0.507 e. The summed E-state index contributed by atoms with van der Waals surface area (Å²) in [5.74, 6) is -0.954. The third kappa shape index (κ3) is 2.32. The maximum absolute atomic E-state index is 10.6. The molecule has 1 aromatic carbocycles. The van der Waals surface area contributed by atoms with Crippen molar-refractivity contribution in [2.24, 2.45) is 0 Å². The van der Waals surface area contributed by atoms with Crippen molar-refractivity contribution < 1.29 is 15.0 Å². The van der Waals surface area contributed by atoms with Crippen molar-refractivity contribution in [3.05, 3.63) is 34.3 Å². The predicted octanol–water partition coefficient (Wildman–Crippen LogP) is 2.46. The Morgan fingerprint density at radius 2 is 2.15 bits per heavy atom. The molecule has 4 heteroatoms. The van der Waals surface area contributed by atoms with Crippen LogP contribution in [0.25, 0.3) is 6.08 Å². The zero-order chi connectivity index (χ0) is 9.84. The standard InChI is InChI=1S/C9H7BrO3/c10-4-3-6-5-7(9(12)13)1-2-8(6)11/h1-5,11H,(H,12,13)/b4-3+. The molecule has 0 aliphatic rings. The van der Waals surface area contributed by atoms with E-state index in [1.165, 1.54) is 18.2 Å². The highest BCUT2D eigenvalue weighted by Gasteiger charge is 2.05. The zero-order valence-electron chi connectivity index (χ0n) is 6.57. The highest BCUT2D eigenvalue weighted by molar-refractivity contribution is 9.11. The molecule has 0 heterocycles. The number of benzene rings is 1. The van der Waals surface area contributed by atoms with Gasteiger partial charge in [0.25, 0.3) is 0 Å². The number of hydrogen-bond acceptors (Lipinski definition) is 2. The van der Waals surface area contributed by atoms with Gasteiger partial charge in [-0.1, -0.05) is 15.9 Å². The van der Waals surface area contributed by atoms with Gasteiger partial charge in [0.2, 0.25) is 0 Å². The lowest BCUT2D eigenvalue weighted by Crippen LogP contribution is -1.95. The van der Waals surface area contributed by atoms with E-state index in [9.17, 15) is 9.90 Å². The fourth-order valence-electron chi connectivity index (χ4n) is 0.889. The van der Waals surface area contributed by atoms with E-state index in [2.05, 4.69) is 15.9 Å². The van der Waals surface area contributed by atoms with Crippen LogP contribution in [0.15, 0.2) is 23.2 Å². The molecule has 3 nitrogen and oxygen atoms in total. The number of halogens is 1. The quantitative estimate of drug-likeness (QED) is 0.838. The molecular weight excluding hydrogens is 236 g/mol. The average molecular weight is 243 g/mol. The Kier molecular flexibility index (Phi) is 3.08. The molecule has 0 fully saturated rings. The smallest absolute Gasteiger partial charge is 0.335 e. The summed E-state index contributed by atoms with van der Waals surface area (Å²) in [6, 6.07) is 4.10. The highest BCUT2D eigenvalue weighted by Crippen LogP contribution is 2.20. The van der Waals surface area contributed by atoms with Gasteiger partial charge in [0, 0.05) is 5.56 Å². The summed E-state index contributed by atoms with van der Waals surface area (Å²) in [5.41, 5.74) is 0.621. The lowest BCUT2D eigenvalue weighted by atomic mass is 10.1. The van der Waals surface area contributed by atoms with Crippen molar-refractivity contribution >= 4 is 28.0 Å². The molecule has 1 aromatic rings. The zero-order valence-corrected chi connectivity index (χ0v) is 8.15. The molecule has 68 valence electrons. The van der Waals surface area contributed by atoms with Gasteiger partial charge in [-0.25, -0.2) is 4.79 Å². The molecular formula is C9H7BrO3. The van der Waals surface area contributed by atoms with Crippen LogP contribution < -0.4 is 0 Å². The van der Waals surface area contributed by atoms with E-state index in [0.29, 0.717) is 5.56 Å². The highest BCUT2D eigenvalue weighted by atomic mass is 79.9. The Bertz CT molecular complexity index is 358. The van der Waals surface area contributed by atoms with Crippen LogP contribution in [0, 0.1) is 0 Å². The normalized spacial score (nSPS) is 10.5. The van der Waals surface area contributed by atoms with Crippen molar-refractivity contribution in [3.8, 4) is 5.75 Å². The van der Waals surface area contributed by atoms with Crippen LogP contribution in [0.1, 0.15) is 15.9 Å². The van der Waals surface area contributed by atoms with E-state index in [1.54, 1.807) is 11.1 Å². The first-order valence-electron chi connectivity index (χ1n) is 3.48. The van der Waals surface area contributed by atoms with E-state index >= 15 is 0 Å². The Hall–Kier alpha value is -1.29. The second-order valence-corrected chi connectivity index (χ2v) is 2.90. The van der Waals surface area contributed by atoms with E-state index in [1.807, 2.05) is 0 Å². The van der Waals surface area contributed by atoms with E-state index < -0.39 is 5.97 Å². The van der Waals surface area contributed by atoms with E-state index in [0.717, 1.165) is 0 Å². The van der Waals surface area contributed by atoms with Gasteiger partial charge in [-0.2, -0.15) is 0 Å². The molecule has 0 aliphatic heterocycles. The summed E-state index contributed by atoms with van der Waals surface area (Å²) in [5, 5.41) is 17.9. The number of phenols is 1. The topological polar surface area (TPSA) is 57.5 Å². The first-order chi connectivity index (χ1) is 6.15. The van der Waals surface area contributed by atoms with Gasteiger partial charge >= 0.3 is 5.97 Å². The Morgan fingerprint density at radius 1 is 1.46 bits per heavy atom. The van der Waals surface area contributed by atoms with Crippen molar-refractivity contribution in [2.75, 3.05) is 0 Å². The van der Waals surface area contributed by atoms with Crippen LogP contribution in [0.5, 0.6) is 5.75 Å². The molecule has 0 bridgehead atoms. The molecule has 0 radical (unpaired) electrons. The van der Waals surface area contributed by atoms with Crippen LogP contribution in [0.3, 0.4) is 0 Å². The maximum Gasteiger partial charge on any atom is 0.335 e. The Labute approximate surface area is 83.5 Å². The van der Waals surface area contributed by atoms with Gasteiger partial charge in [0.1, 0.15) is 5.75 Å². The second-order valence-electron chi connectivity index (χ2n) is 2.37. The number of phenolic OH excluding ortho intramolecular Hbond substituents is 1. The van der Waals surface area contributed by atoms with Gasteiger partial charge < -0.3 is 10.2 Å². The molecule has 2 N–H and O–H groups in total. The average Bonchev–Trinajstić information content (AvgIpc) is 2.08. The maximum atomic E-state index is 10.6. The first-order valence-corrected chi connectivity index (χ1v) is 4.40. The summed E-state index contributed by atoms with van der Waals surface area (Å²) < 4.78 is 0. The number of carboxylic acid groups (broad SMARTS) is 1. The minimum absolute atomic E-state index is 0.0562. The van der Waals surface area contributed by atoms with Crippen molar-refractivity contribution in [2.45, 2.75) is 0 Å². The predicted molar refractivity (Wildman–Crippen MR) is 53.0 cm³/mol. The van der Waals surface area contributed by atoms with E-state index in [4.69, 9.17) is 5.11 Å². The molecule has 0 aliphatic carbocycles. The molecule has 0 aromatic heterocycles. The summed E-state index contributed by atoms with van der Waals surface area (Å²) in [7, 11) is 0. The molecule has 13 heavy (non-hydrogen) atoms. The number of aromatic hydroxyl groups is 1. The summed E-state index contributed by atoms with van der Waals surface area (Å²) >= 11 is 3.04. The monoisotopic (exact) mass is 242 g/mol. The number of carbonyl (C=O) groups is 1. The number of hydrogen-bond donors (Lipinski definition) is 2. The minimum Gasteiger partial charge on any atom is -0.507 e. The summed E-state index contributed by atoms with van der Waals surface area (Å²) in [6.07, 6.45) is 1.57. The van der Waals surface area contributed by atoms with Crippen LogP contribution >= 0.6 is 15.9 Å². The van der Waals surface area contributed by atoms with Gasteiger partial charge in [0.15, 0.2) is 0 Å². The van der Waals surface area contributed by atoms with Crippen LogP contribution in [-0.2, 0) is 0 Å². The molecule has 0 unspecified atom stereocenters.